The molecule has 2 aromatic carbocycles. The van der Waals surface area contributed by atoms with E-state index < -0.39 is 0 Å². The molecule has 148 valence electrons. The van der Waals surface area contributed by atoms with E-state index in [1.807, 2.05) is 18.2 Å². The maximum Gasteiger partial charge on any atom is 0.262 e. The van der Waals surface area contributed by atoms with Gasteiger partial charge in [-0.05, 0) is 42.8 Å². The smallest absolute Gasteiger partial charge is 0.262 e. The molecule has 0 aliphatic rings. The minimum absolute atomic E-state index is 0.0379. The minimum Gasteiger partial charge on any atom is -0.338 e. The quantitative estimate of drug-likeness (QED) is 0.325. The largest absolute Gasteiger partial charge is 0.338 e. The molecule has 0 saturated heterocycles. The van der Waals surface area contributed by atoms with Gasteiger partial charge in [0, 0.05) is 12.1 Å². The summed E-state index contributed by atoms with van der Waals surface area (Å²) < 4.78 is 20.1. The Hall–Kier alpha value is -3.00. The molecule has 0 radical (unpaired) electrons. The van der Waals surface area contributed by atoms with Gasteiger partial charge in [0.2, 0.25) is 11.7 Å². The zero-order valence-electron chi connectivity index (χ0n) is 15.8. The van der Waals surface area contributed by atoms with E-state index >= 15 is 0 Å². The van der Waals surface area contributed by atoms with Crippen LogP contribution in [0.4, 0.5) is 4.39 Å². The molecule has 2 heterocycles. The standard InChI is InChI=1S/C21H19FN4O2S/c1-2-3-12-26-20(27)16-6-4-5-7-17(16)23-21(26)29-13-18-24-19(25-28-18)14-8-10-15(22)11-9-14/h4-11H,2-3,12-13H2,1H3. The third kappa shape index (κ3) is 4.22. The summed E-state index contributed by atoms with van der Waals surface area (Å²) in [7, 11) is 0. The van der Waals surface area contributed by atoms with Crippen molar-refractivity contribution in [2.75, 3.05) is 0 Å². The number of benzene rings is 2. The number of para-hydroxylation sites is 1. The van der Waals surface area contributed by atoms with E-state index in [9.17, 15) is 9.18 Å². The summed E-state index contributed by atoms with van der Waals surface area (Å²) in [6, 6.07) is 13.3. The van der Waals surface area contributed by atoms with Crippen LogP contribution in [0.1, 0.15) is 25.7 Å². The van der Waals surface area contributed by atoms with Crippen molar-refractivity contribution in [1.29, 1.82) is 0 Å². The molecule has 29 heavy (non-hydrogen) atoms. The van der Waals surface area contributed by atoms with Crippen LogP contribution in [0.25, 0.3) is 22.3 Å². The lowest BCUT2D eigenvalue weighted by Gasteiger charge is -2.12. The molecule has 0 fully saturated rings. The maximum atomic E-state index is 13.1. The Morgan fingerprint density at radius 2 is 1.90 bits per heavy atom. The van der Waals surface area contributed by atoms with Crippen LogP contribution in [0, 0.1) is 5.82 Å². The number of thioether (sulfide) groups is 1. The molecule has 0 N–H and O–H groups in total. The molecule has 0 spiro atoms. The van der Waals surface area contributed by atoms with Gasteiger partial charge in [0.1, 0.15) is 5.82 Å². The van der Waals surface area contributed by atoms with Gasteiger partial charge in [0.05, 0.1) is 16.7 Å². The van der Waals surface area contributed by atoms with Crippen LogP contribution in [0.2, 0.25) is 0 Å². The van der Waals surface area contributed by atoms with Gasteiger partial charge in [-0.25, -0.2) is 9.37 Å². The van der Waals surface area contributed by atoms with Crippen molar-refractivity contribution in [3.63, 3.8) is 0 Å². The van der Waals surface area contributed by atoms with E-state index in [0.29, 0.717) is 45.6 Å². The Morgan fingerprint density at radius 3 is 2.69 bits per heavy atom. The third-order valence-corrected chi connectivity index (χ3v) is 5.42. The molecule has 0 saturated carbocycles. The summed E-state index contributed by atoms with van der Waals surface area (Å²) in [6.07, 6.45) is 1.87. The fourth-order valence-corrected chi connectivity index (χ4v) is 3.79. The molecule has 0 aliphatic heterocycles. The predicted octanol–water partition coefficient (Wildman–Crippen LogP) is 4.68. The van der Waals surface area contributed by atoms with Crippen molar-refractivity contribution < 1.29 is 8.91 Å². The van der Waals surface area contributed by atoms with Crippen LogP contribution in [0.3, 0.4) is 0 Å². The second-order valence-corrected chi connectivity index (χ2v) is 7.47. The number of unbranched alkanes of at least 4 members (excludes halogenated alkanes) is 1. The highest BCUT2D eigenvalue weighted by atomic mass is 32.2. The summed E-state index contributed by atoms with van der Waals surface area (Å²) >= 11 is 1.39. The van der Waals surface area contributed by atoms with Crippen LogP contribution < -0.4 is 5.56 Å². The van der Waals surface area contributed by atoms with E-state index in [1.165, 1.54) is 23.9 Å². The first-order valence-corrected chi connectivity index (χ1v) is 10.3. The van der Waals surface area contributed by atoms with E-state index in [4.69, 9.17) is 4.52 Å². The lowest BCUT2D eigenvalue weighted by Crippen LogP contribution is -2.23. The van der Waals surface area contributed by atoms with Crippen LogP contribution >= 0.6 is 11.8 Å². The molecular formula is C21H19FN4O2S. The lowest BCUT2D eigenvalue weighted by molar-refractivity contribution is 0.391. The van der Waals surface area contributed by atoms with Crippen molar-refractivity contribution in [2.24, 2.45) is 0 Å². The van der Waals surface area contributed by atoms with Gasteiger partial charge in [0.15, 0.2) is 5.16 Å². The molecule has 4 aromatic rings. The van der Waals surface area contributed by atoms with Gasteiger partial charge in [-0.15, -0.1) is 0 Å². The van der Waals surface area contributed by atoms with Crippen LogP contribution in [0.15, 0.2) is 63.0 Å². The van der Waals surface area contributed by atoms with Crippen molar-refractivity contribution in [3.05, 3.63) is 70.6 Å². The van der Waals surface area contributed by atoms with Gasteiger partial charge >= 0.3 is 0 Å². The zero-order valence-corrected chi connectivity index (χ0v) is 16.7. The van der Waals surface area contributed by atoms with Crippen LogP contribution in [-0.4, -0.2) is 19.7 Å². The van der Waals surface area contributed by atoms with E-state index in [1.54, 1.807) is 22.8 Å². The second kappa shape index (κ2) is 8.57. The van der Waals surface area contributed by atoms with Gasteiger partial charge < -0.3 is 4.52 Å². The van der Waals surface area contributed by atoms with Gasteiger partial charge in [0.25, 0.3) is 5.56 Å². The molecule has 0 aliphatic carbocycles. The molecule has 2 aromatic heterocycles. The van der Waals surface area contributed by atoms with Crippen molar-refractivity contribution >= 4 is 22.7 Å². The number of fused-ring (bicyclic) bond motifs is 1. The summed E-state index contributed by atoms with van der Waals surface area (Å²) in [5.74, 6) is 0.875. The maximum absolute atomic E-state index is 13.1. The summed E-state index contributed by atoms with van der Waals surface area (Å²) in [6.45, 7) is 2.70. The Morgan fingerprint density at radius 1 is 1.10 bits per heavy atom. The Kier molecular flexibility index (Phi) is 5.71. The molecule has 4 rings (SSSR count). The molecule has 0 amide bonds. The Balaban J connectivity index is 1.59. The first-order valence-electron chi connectivity index (χ1n) is 9.36. The number of halogens is 1. The SMILES string of the molecule is CCCCn1c(SCc2nc(-c3ccc(F)cc3)no2)nc2ccccc2c1=O. The van der Waals surface area contributed by atoms with E-state index in [0.717, 1.165) is 12.8 Å². The molecule has 0 atom stereocenters. The normalized spacial score (nSPS) is 11.2. The third-order valence-electron chi connectivity index (χ3n) is 4.46. The molecular weight excluding hydrogens is 391 g/mol. The van der Waals surface area contributed by atoms with E-state index in [-0.39, 0.29) is 11.4 Å². The number of aromatic nitrogens is 4. The highest BCUT2D eigenvalue weighted by Gasteiger charge is 2.14. The van der Waals surface area contributed by atoms with Crippen LogP contribution in [-0.2, 0) is 12.3 Å². The van der Waals surface area contributed by atoms with Crippen molar-refractivity contribution in [1.82, 2.24) is 19.7 Å². The summed E-state index contributed by atoms with van der Waals surface area (Å²) in [5, 5.41) is 5.20. The summed E-state index contributed by atoms with van der Waals surface area (Å²) in [4.78, 5) is 21.9. The van der Waals surface area contributed by atoms with Gasteiger partial charge in [-0.2, -0.15) is 4.98 Å². The molecule has 0 bridgehead atoms. The predicted molar refractivity (Wildman–Crippen MR) is 110 cm³/mol. The monoisotopic (exact) mass is 410 g/mol. The number of hydrogen-bond donors (Lipinski definition) is 0. The van der Waals surface area contributed by atoms with Crippen LogP contribution in [0.5, 0.6) is 0 Å². The number of nitrogens with zero attached hydrogens (tertiary/aromatic N) is 4. The fourth-order valence-electron chi connectivity index (χ4n) is 2.93. The zero-order chi connectivity index (χ0) is 20.2. The average molecular weight is 410 g/mol. The van der Waals surface area contributed by atoms with Crippen molar-refractivity contribution in [3.8, 4) is 11.4 Å². The topological polar surface area (TPSA) is 73.8 Å². The minimum atomic E-state index is -0.319. The number of hydrogen-bond acceptors (Lipinski definition) is 6. The molecule has 6 nitrogen and oxygen atoms in total. The molecule has 0 unspecified atom stereocenters. The highest BCUT2D eigenvalue weighted by molar-refractivity contribution is 7.98. The highest BCUT2D eigenvalue weighted by Crippen LogP contribution is 2.23. The lowest BCUT2D eigenvalue weighted by atomic mass is 10.2. The molecule has 8 heteroatoms. The van der Waals surface area contributed by atoms with Gasteiger partial charge in [-0.1, -0.05) is 42.4 Å². The fraction of sp³-hybridized carbons (Fsp3) is 0.238. The second-order valence-electron chi connectivity index (χ2n) is 6.53. The first kappa shape index (κ1) is 19.3. The van der Waals surface area contributed by atoms with Gasteiger partial charge in [-0.3, -0.25) is 9.36 Å². The Labute approximate surface area is 170 Å². The van der Waals surface area contributed by atoms with E-state index in [2.05, 4.69) is 22.0 Å². The summed E-state index contributed by atoms with van der Waals surface area (Å²) in [5.41, 5.74) is 1.31. The Bertz CT molecular complexity index is 1190. The number of rotatable bonds is 7. The van der Waals surface area contributed by atoms with Crippen molar-refractivity contribution in [2.45, 2.75) is 37.2 Å². The first-order chi connectivity index (χ1) is 14.2. The average Bonchev–Trinajstić information content (AvgIpc) is 3.21.